The second-order valence-corrected chi connectivity index (χ2v) is 7.21. The van der Waals surface area contributed by atoms with Crippen molar-refractivity contribution in [2.45, 2.75) is 32.4 Å². The first-order valence-corrected chi connectivity index (χ1v) is 9.44. The van der Waals surface area contributed by atoms with Crippen LogP contribution >= 0.6 is 27.5 Å². The molecular formula is C20H24BrClN2. The van der Waals surface area contributed by atoms with Gasteiger partial charge in [0.1, 0.15) is 0 Å². The monoisotopic (exact) mass is 406 g/mol. The van der Waals surface area contributed by atoms with Crippen LogP contribution in [-0.2, 0) is 6.54 Å². The highest BCUT2D eigenvalue weighted by molar-refractivity contribution is 9.10. The fourth-order valence-electron chi connectivity index (χ4n) is 2.50. The fraction of sp³-hybridized carbons (Fsp3) is 0.300. The van der Waals surface area contributed by atoms with E-state index in [1.807, 2.05) is 18.2 Å². The Morgan fingerprint density at radius 2 is 2.04 bits per heavy atom. The molecule has 0 bridgehead atoms. The van der Waals surface area contributed by atoms with Gasteiger partial charge in [0.2, 0.25) is 0 Å². The smallest absolute Gasteiger partial charge is 0.0417 e. The van der Waals surface area contributed by atoms with Crippen LogP contribution < -0.4 is 11.1 Å². The molecule has 0 aliphatic rings. The molecule has 0 aliphatic carbocycles. The van der Waals surface area contributed by atoms with Gasteiger partial charge in [-0.3, -0.25) is 0 Å². The molecule has 0 amide bonds. The van der Waals surface area contributed by atoms with Crippen LogP contribution in [-0.4, -0.2) is 12.6 Å². The third-order valence-electron chi connectivity index (χ3n) is 3.76. The van der Waals surface area contributed by atoms with Gasteiger partial charge in [0, 0.05) is 28.6 Å². The van der Waals surface area contributed by atoms with Crippen molar-refractivity contribution in [2.24, 2.45) is 5.73 Å². The number of halogens is 2. The Labute approximate surface area is 158 Å². The minimum absolute atomic E-state index is 0.236. The van der Waals surface area contributed by atoms with E-state index in [4.69, 9.17) is 17.3 Å². The van der Waals surface area contributed by atoms with Crippen LogP contribution in [0.2, 0.25) is 5.02 Å². The Kier molecular flexibility index (Phi) is 8.00. The summed E-state index contributed by atoms with van der Waals surface area (Å²) >= 11 is 9.51. The zero-order valence-corrected chi connectivity index (χ0v) is 16.3. The van der Waals surface area contributed by atoms with E-state index >= 15 is 0 Å². The third kappa shape index (κ3) is 6.40. The molecule has 128 valence electrons. The average molecular weight is 408 g/mol. The summed E-state index contributed by atoms with van der Waals surface area (Å²) in [4.78, 5) is 0. The number of hydrogen-bond acceptors (Lipinski definition) is 2. The van der Waals surface area contributed by atoms with Gasteiger partial charge in [-0.2, -0.15) is 0 Å². The molecule has 0 saturated heterocycles. The standard InChI is InChI=1S/C20H24BrClN2/c1-2-4-19(23)14-24-13-16-6-3-5-15(11-16)7-8-17-9-10-18(22)12-20(17)21/h3,5-12,19,24H,2,4,13-14,23H2,1H3/b8-7+/t19-/m1/s1. The Bertz CT molecular complexity index is 685. The molecule has 2 aromatic carbocycles. The van der Waals surface area contributed by atoms with E-state index in [-0.39, 0.29) is 6.04 Å². The summed E-state index contributed by atoms with van der Waals surface area (Å²) in [6.07, 6.45) is 6.39. The number of benzene rings is 2. The molecule has 4 heteroatoms. The second kappa shape index (κ2) is 10.00. The average Bonchev–Trinajstić information content (AvgIpc) is 2.55. The topological polar surface area (TPSA) is 38.0 Å². The highest BCUT2D eigenvalue weighted by atomic mass is 79.9. The van der Waals surface area contributed by atoms with Crippen molar-refractivity contribution in [3.8, 4) is 0 Å². The van der Waals surface area contributed by atoms with Crippen molar-refractivity contribution < 1.29 is 0 Å². The van der Waals surface area contributed by atoms with Gasteiger partial charge in [0.05, 0.1) is 0 Å². The minimum atomic E-state index is 0.236. The van der Waals surface area contributed by atoms with Crippen molar-refractivity contribution in [1.82, 2.24) is 5.32 Å². The fourth-order valence-corrected chi connectivity index (χ4v) is 3.32. The molecule has 0 aromatic heterocycles. The van der Waals surface area contributed by atoms with Crippen LogP contribution in [0.15, 0.2) is 46.9 Å². The quantitative estimate of drug-likeness (QED) is 0.568. The van der Waals surface area contributed by atoms with Crippen LogP contribution in [0.5, 0.6) is 0 Å². The molecule has 0 saturated carbocycles. The van der Waals surface area contributed by atoms with Crippen molar-refractivity contribution >= 4 is 39.7 Å². The summed E-state index contributed by atoms with van der Waals surface area (Å²) in [5.74, 6) is 0. The first-order chi connectivity index (χ1) is 11.6. The number of hydrogen-bond donors (Lipinski definition) is 2. The van der Waals surface area contributed by atoms with Crippen LogP contribution in [0.3, 0.4) is 0 Å². The van der Waals surface area contributed by atoms with Gasteiger partial charge in [-0.05, 0) is 35.2 Å². The summed E-state index contributed by atoms with van der Waals surface area (Å²) in [6, 6.07) is 14.6. The van der Waals surface area contributed by atoms with Gasteiger partial charge < -0.3 is 11.1 Å². The predicted octanol–water partition coefficient (Wildman–Crippen LogP) is 5.49. The predicted molar refractivity (Wildman–Crippen MR) is 109 cm³/mol. The summed E-state index contributed by atoms with van der Waals surface area (Å²) in [5.41, 5.74) is 9.57. The lowest BCUT2D eigenvalue weighted by molar-refractivity contribution is 0.539. The zero-order valence-electron chi connectivity index (χ0n) is 13.9. The van der Waals surface area contributed by atoms with E-state index in [2.05, 4.69) is 64.6 Å². The van der Waals surface area contributed by atoms with Crippen LogP contribution in [0.1, 0.15) is 36.5 Å². The van der Waals surface area contributed by atoms with Crippen molar-refractivity contribution in [3.05, 3.63) is 68.7 Å². The van der Waals surface area contributed by atoms with Gasteiger partial charge in [-0.25, -0.2) is 0 Å². The molecule has 0 unspecified atom stereocenters. The summed E-state index contributed by atoms with van der Waals surface area (Å²) in [5, 5.41) is 4.16. The maximum atomic E-state index is 6.03. The second-order valence-electron chi connectivity index (χ2n) is 5.92. The number of rotatable bonds is 8. The first kappa shape index (κ1) is 19.2. The van der Waals surface area contributed by atoms with E-state index in [1.54, 1.807) is 0 Å². The molecule has 0 fully saturated rings. The minimum Gasteiger partial charge on any atom is -0.327 e. The van der Waals surface area contributed by atoms with Gasteiger partial charge in [0.25, 0.3) is 0 Å². The molecule has 2 rings (SSSR count). The maximum absolute atomic E-state index is 6.03. The molecule has 2 nitrogen and oxygen atoms in total. The van der Waals surface area contributed by atoms with Crippen molar-refractivity contribution in [3.63, 3.8) is 0 Å². The van der Waals surface area contributed by atoms with Crippen LogP contribution in [0.25, 0.3) is 12.2 Å². The molecule has 0 heterocycles. The summed E-state index contributed by atoms with van der Waals surface area (Å²) in [6.45, 7) is 3.85. The van der Waals surface area contributed by atoms with E-state index in [0.717, 1.165) is 41.0 Å². The molecule has 1 atom stereocenters. The Hall–Kier alpha value is -1.13. The van der Waals surface area contributed by atoms with E-state index in [0.29, 0.717) is 0 Å². The highest BCUT2D eigenvalue weighted by Gasteiger charge is 2.01. The lowest BCUT2D eigenvalue weighted by Crippen LogP contribution is -2.33. The van der Waals surface area contributed by atoms with Crippen LogP contribution in [0, 0.1) is 0 Å². The molecule has 0 radical (unpaired) electrons. The third-order valence-corrected chi connectivity index (χ3v) is 4.69. The maximum Gasteiger partial charge on any atom is 0.0417 e. The molecular weight excluding hydrogens is 384 g/mol. The molecule has 24 heavy (non-hydrogen) atoms. The Morgan fingerprint density at radius 1 is 1.21 bits per heavy atom. The SMILES string of the molecule is CCC[C@@H](N)CNCc1cccc(/C=C/c2ccc(Cl)cc2Br)c1. The van der Waals surface area contributed by atoms with Gasteiger partial charge in [-0.15, -0.1) is 0 Å². The molecule has 3 N–H and O–H groups in total. The largest absolute Gasteiger partial charge is 0.327 e. The van der Waals surface area contributed by atoms with Crippen LogP contribution in [0.4, 0.5) is 0 Å². The van der Waals surface area contributed by atoms with E-state index < -0.39 is 0 Å². The Morgan fingerprint density at radius 3 is 2.79 bits per heavy atom. The summed E-state index contributed by atoms with van der Waals surface area (Å²) < 4.78 is 0.994. The number of nitrogens with one attached hydrogen (secondary N) is 1. The first-order valence-electron chi connectivity index (χ1n) is 8.27. The van der Waals surface area contributed by atoms with Crippen molar-refractivity contribution in [2.75, 3.05) is 6.54 Å². The van der Waals surface area contributed by atoms with Gasteiger partial charge in [-0.1, -0.05) is 83.4 Å². The van der Waals surface area contributed by atoms with E-state index in [1.165, 1.54) is 11.1 Å². The lowest BCUT2D eigenvalue weighted by Gasteiger charge is -2.11. The number of nitrogens with two attached hydrogens (primary N) is 1. The highest BCUT2D eigenvalue weighted by Crippen LogP contribution is 2.23. The van der Waals surface area contributed by atoms with E-state index in [9.17, 15) is 0 Å². The lowest BCUT2D eigenvalue weighted by atomic mass is 10.1. The van der Waals surface area contributed by atoms with Crippen molar-refractivity contribution in [1.29, 1.82) is 0 Å². The van der Waals surface area contributed by atoms with Gasteiger partial charge >= 0.3 is 0 Å². The zero-order chi connectivity index (χ0) is 17.4. The molecule has 2 aromatic rings. The molecule has 0 spiro atoms. The normalized spacial score (nSPS) is 12.7. The molecule has 0 aliphatic heterocycles. The summed E-state index contributed by atoms with van der Waals surface area (Å²) in [7, 11) is 0. The Balaban J connectivity index is 1.96. The van der Waals surface area contributed by atoms with Gasteiger partial charge in [0.15, 0.2) is 0 Å².